The zero-order valence-corrected chi connectivity index (χ0v) is 6.18. The Balaban J connectivity index is 2.27. The van der Waals surface area contributed by atoms with E-state index in [4.69, 9.17) is 0 Å². The van der Waals surface area contributed by atoms with Gasteiger partial charge in [0.05, 0.1) is 6.04 Å². The van der Waals surface area contributed by atoms with Crippen LogP contribution in [0.3, 0.4) is 0 Å². The molecule has 1 aliphatic rings. The fourth-order valence-electron chi connectivity index (χ4n) is 1.47. The van der Waals surface area contributed by atoms with E-state index in [-0.39, 0.29) is 12.7 Å². The summed E-state index contributed by atoms with van der Waals surface area (Å²) in [5, 5.41) is 3.11. The van der Waals surface area contributed by atoms with Crippen LogP contribution in [0.15, 0.2) is 24.3 Å². The molecule has 0 aromatic heterocycles. The molecule has 1 nitrogen and oxygen atoms in total. The normalized spacial score (nSPS) is 21.0. The van der Waals surface area contributed by atoms with Crippen LogP contribution in [0, 0.1) is 0 Å². The number of halogens is 1. The maximum absolute atomic E-state index is 12.2. The highest BCUT2D eigenvalue weighted by Crippen LogP contribution is 2.24. The van der Waals surface area contributed by atoms with Crippen molar-refractivity contribution in [2.24, 2.45) is 0 Å². The zero-order chi connectivity index (χ0) is 7.68. The summed E-state index contributed by atoms with van der Waals surface area (Å²) in [6.07, 6.45) is 0.826. The first kappa shape index (κ1) is 6.65. The molecule has 11 heavy (non-hydrogen) atoms. The second kappa shape index (κ2) is 2.53. The van der Waals surface area contributed by atoms with Gasteiger partial charge in [0.25, 0.3) is 0 Å². The quantitative estimate of drug-likeness (QED) is 0.647. The van der Waals surface area contributed by atoms with E-state index < -0.39 is 0 Å². The largest absolute Gasteiger partial charge is 0.379 e. The van der Waals surface area contributed by atoms with Gasteiger partial charge in [-0.25, -0.2) is 4.39 Å². The summed E-state index contributed by atoms with van der Waals surface area (Å²) < 4.78 is 12.2. The number of rotatable bonds is 1. The summed E-state index contributed by atoms with van der Waals surface area (Å²) in [7, 11) is 0. The number of para-hydroxylation sites is 1. The van der Waals surface area contributed by atoms with Gasteiger partial charge in [-0.3, -0.25) is 0 Å². The molecule has 0 saturated carbocycles. The predicted molar refractivity (Wildman–Crippen MR) is 43.5 cm³/mol. The molecule has 2 heteroatoms. The fraction of sp³-hybridized carbons (Fsp3) is 0.333. The number of anilines is 1. The van der Waals surface area contributed by atoms with Crippen molar-refractivity contribution in [2.45, 2.75) is 12.5 Å². The highest BCUT2D eigenvalue weighted by Gasteiger charge is 2.18. The van der Waals surface area contributed by atoms with Gasteiger partial charge in [-0.15, -0.1) is 0 Å². The van der Waals surface area contributed by atoms with Gasteiger partial charge in [0.2, 0.25) is 0 Å². The van der Waals surface area contributed by atoms with Gasteiger partial charge in [-0.05, 0) is 18.1 Å². The highest BCUT2D eigenvalue weighted by molar-refractivity contribution is 5.56. The second-order valence-corrected chi connectivity index (χ2v) is 2.86. The van der Waals surface area contributed by atoms with Gasteiger partial charge in [0.1, 0.15) is 6.67 Å². The summed E-state index contributed by atoms with van der Waals surface area (Å²) in [5.41, 5.74) is 2.32. The Labute approximate surface area is 65.2 Å². The summed E-state index contributed by atoms with van der Waals surface area (Å²) in [5.74, 6) is 0. The maximum atomic E-state index is 12.2. The Morgan fingerprint density at radius 3 is 3.00 bits per heavy atom. The minimum atomic E-state index is -0.283. The van der Waals surface area contributed by atoms with Crippen LogP contribution in [-0.4, -0.2) is 12.7 Å². The van der Waals surface area contributed by atoms with Crippen molar-refractivity contribution in [3.8, 4) is 0 Å². The molecule has 0 fully saturated rings. The summed E-state index contributed by atoms with van der Waals surface area (Å²) >= 11 is 0. The zero-order valence-electron chi connectivity index (χ0n) is 6.18. The van der Waals surface area contributed by atoms with Gasteiger partial charge < -0.3 is 5.32 Å². The number of alkyl halides is 1. The van der Waals surface area contributed by atoms with Crippen molar-refractivity contribution in [3.05, 3.63) is 29.8 Å². The van der Waals surface area contributed by atoms with Crippen molar-refractivity contribution in [3.63, 3.8) is 0 Å². The Bertz CT molecular complexity index is 234. The molecule has 0 spiro atoms. The molecular formula is C9H10FN. The number of benzene rings is 1. The fourth-order valence-corrected chi connectivity index (χ4v) is 1.47. The van der Waals surface area contributed by atoms with Gasteiger partial charge in [0.15, 0.2) is 0 Å². The third kappa shape index (κ3) is 1.09. The van der Waals surface area contributed by atoms with Gasteiger partial charge in [0, 0.05) is 5.69 Å². The smallest absolute Gasteiger partial charge is 0.110 e. The Morgan fingerprint density at radius 2 is 2.27 bits per heavy atom. The van der Waals surface area contributed by atoms with Crippen molar-refractivity contribution in [2.75, 3.05) is 12.0 Å². The van der Waals surface area contributed by atoms with Crippen LogP contribution >= 0.6 is 0 Å². The second-order valence-electron chi connectivity index (χ2n) is 2.86. The van der Waals surface area contributed by atoms with E-state index >= 15 is 0 Å². The lowest BCUT2D eigenvalue weighted by molar-refractivity contribution is 0.450. The van der Waals surface area contributed by atoms with E-state index in [1.54, 1.807) is 0 Å². The molecule has 1 aromatic rings. The Kier molecular flexibility index (Phi) is 1.53. The average molecular weight is 151 g/mol. The molecule has 2 rings (SSSR count). The minimum absolute atomic E-state index is 0.00685. The van der Waals surface area contributed by atoms with Crippen LogP contribution in [0.4, 0.5) is 10.1 Å². The molecule has 0 radical (unpaired) electrons. The van der Waals surface area contributed by atoms with Gasteiger partial charge >= 0.3 is 0 Å². The van der Waals surface area contributed by atoms with Crippen LogP contribution in [0.5, 0.6) is 0 Å². The van der Waals surface area contributed by atoms with Crippen molar-refractivity contribution in [1.82, 2.24) is 0 Å². The first-order chi connectivity index (χ1) is 5.40. The molecule has 0 saturated heterocycles. The van der Waals surface area contributed by atoms with Crippen LogP contribution in [0.25, 0.3) is 0 Å². The van der Waals surface area contributed by atoms with Gasteiger partial charge in [-0.1, -0.05) is 18.2 Å². The van der Waals surface area contributed by atoms with E-state index in [1.165, 1.54) is 5.56 Å². The van der Waals surface area contributed by atoms with Crippen LogP contribution in [0.2, 0.25) is 0 Å². The SMILES string of the molecule is FCC1Cc2ccccc2N1. The van der Waals surface area contributed by atoms with E-state index in [9.17, 15) is 4.39 Å². The molecule has 1 aliphatic heterocycles. The van der Waals surface area contributed by atoms with E-state index in [0.717, 1.165) is 12.1 Å². The summed E-state index contributed by atoms with van der Waals surface area (Å²) in [4.78, 5) is 0. The van der Waals surface area contributed by atoms with Crippen LogP contribution in [0.1, 0.15) is 5.56 Å². The summed E-state index contributed by atoms with van der Waals surface area (Å²) in [6, 6.07) is 7.99. The topological polar surface area (TPSA) is 12.0 Å². The first-order valence-electron chi connectivity index (χ1n) is 3.80. The molecule has 58 valence electrons. The molecule has 0 amide bonds. The third-order valence-corrected chi connectivity index (χ3v) is 2.03. The minimum Gasteiger partial charge on any atom is -0.379 e. The van der Waals surface area contributed by atoms with Crippen LogP contribution in [-0.2, 0) is 6.42 Å². The molecule has 1 atom stereocenters. The molecule has 0 bridgehead atoms. The first-order valence-corrected chi connectivity index (χ1v) is 3.80. The lowest BCUT2D eigenvalue weighted by Crippen LogP contribution is -2.16. The summed E-state index contributed by atoms with van der Waals surface area (Å²) in [6.45, 7) is -0.283. The van der Waals surface area contributed by atoms with Crippen molar-refractivity contribution in [1.29, 1.82) is 0 Å². The molecular weight excluding hydrogens is 141 g/mol. The lowest BCUT2D eigenvalue weighted by Gasteiger charge is -2.03. The maximum Gasteiger partial charge on any atom is 0.110 e. The highest BCUT2D eigenvalue weighted by atomic mass is 19.1. The molecule has 1 N–H and O–H groups in total. The van der Waals surface area contributed by atoms with E-state index in [2.05, 4.69) is 5.32 Å². The predicted octanol–water partition coefficient (Wildman–Crippen LogP) is 1.99. The van der Waals surface area contributed by atoms with Gasteiger partial charge in [-0.2, -0.15) is 0 Å². The van der Waals surface area contributed by atoms with E-state index in [0.29, 0.717) is 0 Å². The van der Waals surface area contributed by atoms with Crippen molar-refractivity contribution < 1.29 is 4.39 Å². The van der Waals surface area contributed by atoms with E-state index in [1.807, 2.05) is 24.3 Å². The third-order valence-electron chi connectivity index (χ3n) is 2.03. The van der Waals surface area contributed by atoms with Crippen molar-refractivity contribution >= 4 is 5.69 Å². The lowest BCUT2D eigenvalue weighted by atomic mass is 10.1. The number of fused-ring (bicyclic) bond motifs is 1. The monoisotopic (exact) mass is 151 g/mol. The molecule has 1 heterocycles. The Hall–Kier alpha value is -1.05. The number of hydrogen-bond donors (Lipinski definition) is 1. The number of nitrogens with one attached hydrogen (secondary N) is 1. The Morgan fingerprint density at radius 1 is 1.45 bits per heavy atom. The molecule has 1 aromatic carbocycles. The number of hydrogen-bond acceptors (Lipinski definition) is 1. The average Bonchev–Trinajstić information content (AvgIpc) is 2.46. The molecule has 1 unspecified atom stereocenters. The van der Waals surface area contributed by atoms with Crippen LogP contribution < -0.4 is 5.32 Å². The molecule has 0 aliphatic carbocycles. The standard InChI is InChI=1S/C9H10FN/c10-6-8-5-7-3-1-2-4-9(7)11-8/h1-4,8,11H,5-6H2.